The molecule has 1 N–H and O–H groups in total. The Morgan fingerprint density at radius 2 is 2.27 bits per heavy atom. The summed E-state index contributed by atoms with van der Waals surface area (Å²) in [7, 11) is 1.29. The van der Waals surface area contributed by atoms with Crippen molar-refractivity contribution in [3.63, 3.8) is 0 Å². The molecular formula is C6H12O4S. The van der Waals surface area contributed by atoms with Crippen molar-refractivity contribution in [1.82, 2.24) is 0 Å². The monoisotopic (exact) mass is 180 g/mol. The zero-order chi connectivity index (χ0) is 8.69. The highest BCUT2D eigenvalue weighted by molar-refractivity contribution is 7.91. The van der Waals surface area contributed by atoms with Crippen LogP contribution in [0.5, 0.6) is 0 Å². The fourth-order valence-corrected chi connectivity index (χ4v) is 1.31. The molecule has 66 valence electrons. The van der Waals surface area contributed by atoms with Crippen LogP contribution in [-0.4, -0.2) is 40.9 Å². The van der Waals surface area contributed by atoms with Crippen molar-refractivity contribution in [2.75, 3.05) is 25.2 Å². The number of esters is 1. The van der Waals surface area contributed by atoms with E-state index in [0.717, 1.165) is 0 Å². The van der Waals surface area contributed by atoms with Crippen LogP contribution in [-0.2, 0) is 20.7 Å². The maximum atomic E-state index is 10.8. The van der Waals surface area contributed by atoms with Gasteiger partial charge in [0, 0.05) is 0 Å². The molecule has 0 saturated carbocycles. The van der Waals surface area contributed by atoms with E-state index in [9.17, 15) is 9.35 Å². The van der Waals surface area contributed by atoms with Crippen molar-refractivity contribution in [3.8, 4) is 0 Å². The average Bonchev–Trinajstić information content (AvgIpc) is 2.01. The Morgan fingerprint density at radius 1 is 1.64 bits per heavy atom. The highest BCUT2D eigenvalue weighted by Crippen LogP contribution is 1.94. The van der Waals surface area contributed by atoms with Crippen molar-refractivity contribution in [2.45, 2.75) is 6.42 Å². The molecule has 0 spiro atoms. The quantitative estimate of drug-likeness (QED) is 0.448. The lowest BCUT2D eigenvalue weighted by atomic mass is 10.5. The van der Waals surface area contributed by atoms with Crippen molar-refractivity contribution in [1.29, 1.82) is 0 Å². The molecule has 0 aliphatic heterocycles. The van der Waals surface area contributed by atoms with Crippen molar-refractivity contribution in [3.05, 3.63) is 0 Å². The first-order valence-electron chi connectivity index (χ1n) is 3.23. The fourth-order valence-electron chi connectivity index (χ4n) is 0.503. The summed E-state index contributed by atoms with van der Waals surface area (Å²) in [6, 6.07) is 0. The normalized spacial score (nSPS) is 12.6. The van der Waals surface area contributed by atoms with Gasteiger partial charge in [-0.2, -0.15) is 0 Å². The highest BCUT2D eigenvalue weighted by Gasteiger charge is 2.08. The molecule has 0 fully saturated rings. The van der Waals surface area contributed by atoms with Gasteiger partial charge in [0.05, 0.1) is 20.1 Å². The number of hydrogen-bond acceptors (Lipinski definition) is 4. The molecule has 1 unspecified atom stereocenters. The van der Waals surface area contributed by atoms with Crippen LogP contribution in [0, 0.1) is 0 Å². The Hall–Kier alpha value is -0.260. The Morgan fingerprint density at radius 3 is 2.73 bits per heavy atom. The molecule has 0 aromatic rings. The van der Waals surface area contributed by atoms with E-state index in [1.54, 1.807) is 0 Å². The van der Waals surface area contributed by atoms with Gasteiger partial charge in [-0.15, -0.1) is 0 Å². The molecule has 5 heteroatoms. The minimum Gasteiger partial charge on any atom is -0.616 e. The molecule has 0 rings (SSSR count). The van der Waals surface area contributed by atoms with Gasteiger partial charge in [0.2, 0.25) is 0 Å². The Labute approximate surface area is 68.7 Å². The van der Waals surface area contributed by atoms with E-state index < -0.39 is 11.2 Å². The molecule has 0 heterocycles. The summed E-state index contributed by atoms with van der Waals surface area (Å²) >= 11 is -1.09. The number of hydrogen-bond donors (Lipinski definition) is 1. The van der Waals surface area contributed by atoms with Gasteiger partial charge >= 0.3 is 5.97 Å². The first-order valence-corrected chi connectivity index (χ1v) is 4.72. The minimum atomic E-state index is -1.09. The highest BCUT2D eigenvalue weighted by atomic mass is 32.2. The van der Waals surface area contributed by atoms with E-state index in [1.807, 2.05) is 0 Å². The van der Waals surface area contributed by atoms with Gasteiger partial charge in [0.1, 0.15) is 11.5 Å². The second kappa shape index (κ2) is 6.45. The van der Waals surface area contributed by atoms with E-state index in [1.165, 1.54) is 7.11 Å². The number of carbonyl (C=O) groups excluding carboxylic acids is 1. The molecule has 11 heavy (non-hydrogen) atoms. The van der Waals surface area contributed by atoms with Crippen LogP contribution >= 0.6 is 0 Å². The zero-order valence-corrected chi connectivity index (χ0v) is 7.23. The molecule has 0 aromatic heterocycles. The van der Waals surface area contributed by atoms with Crippen LogP contribution in [0.4, 0.5) is 0 Å². The summed E-state index contributed by atoms with van der Waals surface area (Å²) in [6.07, 6.45) is 0.156. The van der Waals surface area contributed by atoms with E-state index >= 15 is 0 Å². The topological polar surface area (TPSA) is 69.6 Å². The Bertz CT molecular complexity index is 117. The minimum absolute atomic E-state index is 0.103. The van der Waals surface area contributed by atoms with Crippen LogP contribution in [0.25, 0.3) is 0 Å². The summed E-state index contributed by atoms with van der Waals surface area (Å²) in [5.74, 6) is 0.140. The third kappa shape index (κ3) is 6.15. The van der Waals surface area contributed by atoms with Crippen LogP contribution in [0.1, 0.15) is 6.42 Å². The number of aliphatic hydroxyl groups is 1. The smallest absolute Gasteiger partial charge is 0.310 e. The van der Waals surface area contributed by atoms with Gasteiger partial charge in [0.25, 0.3) is 0 Å². The number of ether oxygens (including phenoxy) is 1. The van der Waals surface area contributed by atoms with Crippen molar-refractivity contribution < 1.29 is 19.2 Å². The van der Waals surface area contributed by atoms with Crippen molar-refractivity contribution >= 4 is 17.1 Å². The van der Waals surface area contributed by atoms with Gasteiger partial charge < -0.3 is 14.4 Å². The Balaban J connectivity index is 3.29. The second-order valence-corrected chi connectivity index (χ2v) is 3.59. The molecule has 0 saturated heterocycles. The van der Waals surface area contributed by atoms with Gasteiger partial charge in [-0.25, -0.2) is 0 Å². The molecular weight excluding hydrogens is 168 g/mol. The SMILES string of the molecule is COC(=O)CC[S+]([O-])CCO. The van der Waals surface area contributed by atoms with Gasteiger partial charge in [-0.1, -0.05) is 11.2 Å². The summed E-state index contributed by atoms with van der Waals surface area (Å²) in [4.78, 5) is 10.5. The fraction of sp³-hybridized carbons (Fsp3) is 0.833. The average molecular weight is 180 g/mol. The number of methoxy groups -OCH3 is 1. The van der Waals surface area contributed by atoms with Gasteiger partial charge in [-0.05, 0) is 0 Å². The maximum absolute atomic E-state index is 10.8. The zero-order valence-electron chi connectivity index (χ0n) is 6.41. The predicted molar refractivity (Wildman–Crippen MR) is 41.6 cm³/mol. The van der Waals surface area contributed by atoms with Crippen LogP contribution in [0.15, 0.2) is 0 Å². The van der Waals surface area contributed by atoms with Crippen molar-refractivity contribution in [2.24, 2.45) is 0 Å². The third-order valence-corrected chi connectivity index (χ3v) is 2.38. The molecule has 4 nitrogen and oxygen atoms in total. The van der Waals surface area contributed by atoms with E-state index in [0.29, 0.717) is 0 Å². The van der Waals surface area contributed by atoms with Gasteiger partial charge in [0.15, 0.2) is 0 Å². The van der Waals surface area contributed by atoms with Gasteiger partial charge in [-0.3, -0.25) is 4.79 Å². The van der Waals surface area contributed by atoms with E-state index in [2.05, 4.69) is 4.74 Å². The molecule has 0 bridgehead atoms. The predicted octanol–water partition coefficient (Wildman–Crippen LogP) is -0.710. The summed E-state index contributed by atoms with van der Waals surface area (Å²) in [5, 5.41) is 8.35. The van der Waals surface area contributed by atoms with E-state index in [4.69, 9.17) is 5.11 Å². The molecule has 0 aromatic carbocycles. The van der Waals surface area contributed by atoms with E-state index in [-0.39, 0.29) is 30.5 Å². The second-order valence-electron chi connectivity index (χ2n) is 1.90. The standard InChI is InChI=1S/C6H12O4S/c1-10-6(8)2-4-11(9)5-3-7/h7H,2-5H2,1H3. The number of rotatable bonds is 5. The molecule has 0 radical (unpaired) electrons. The molecule has 0 aliphatic rings. The number of aliphatic hydroxyl groups excluding tert-OH is 1. The largest absolute Gasteiger partial charge is 0.616 e. The third-order valence-electron chi connectivity index (χ3n) is 1.08. The first kappa shape index (κ1) is 10.7. The number of carbonyl (C=O) groups is 1. The summed E-state index contributed by atoms with van der Waals surface area (Å²) in [5.41, 5.74) is 0. The maximum Gasteiger partial charge on any atom is 0.310 e. The summed E-state index contributed by atoms with van der Waals surface area (Å²) in [6.45, 7) is -0.103. The molecule has 0 aliphatic carbocycles. The van der Waals surface area contributed by atoms with Crippen LogP contribution < -0.4 is 0 Å². The lowest BCUT2D eigenvalue weighted by Crippen LogP contribution is -2.17. The molecule has 0 amide bonds. The molecule has 1 atom stereocenters. The lowest BCUT2D eigenvalue weighted by Gasteiger charge is -2.07. The van der Waals surface area contributed by atoms with Crippen LogP contribution in [0.2, 0.25) is 0 Å². The van der Waals surface area contributed by atoms with Crippen LogP contribution in [0.3, 0.4) is 0 Å². The first-order chi connectivity index (χ1) is 5.20. The Kier molecular flexibility index (Phi) is 6.30. The summed E-state index contributed by atoms with van der Waals surface area (Å²) < 4.78 is 15.1. The lowest BCUT2D eigenvalue weighted by molar-refractivity contribution is -0.140.